The van der Waals surface area contributed by atoms with Crippen LogP contribution in [-0.4, -0.2) is 51.3 Å². The summed E-state index contributed by atoms with van der Waals surface area (Å²) in [6.07, 6.45) is 4.24. The van der Waals surface area contributed by atoms with Crippen LogP contribution in [0.15, 0.2) is 30.5 Å². The molecule has 138 valence electrons. The number of thioether (sulfide) groups is 1. The molecular weight excluding hydrogens is 346 g/mol. The van der Waals surface area contributed by atoms with Crippen LogP contribution >= 0.6 is 11.8 Å². The zero-order valence-electron chi connectivity index (χ0n) is 15.0. The number of benzene rings is 1. The van der Waals surface area contributed by atoms with Crippen LogP contribution in [0.2, 0.25) is 0 Å². The highest BCUT2D eigenvalue weighted by molar-refractivity contribution is 8.00. The van der Waals surface area contributed by atoms with Gasteiger partial charge < -0.3 is 10.6 Å². The quantitative estimate of drug-likeness (QED) is 0.753. The number of nitrogens with zero attached hydrogens (tertiary/aromatic N) is 2. The van der Waals surface area contributed by atoms with Crippen LogP contribution in [0.1, 0.15) is 34.3 Å². The van der Waals surface area contributed by atoms with Crippen molar-refractivity contribution in [1.29, 1.82) is 0 Å². The first-order chi connectivity index (χ1) is 12.7. The molecule has 0 saturated carbocycles. The molecule has 3 heterocycles. The summed E-state index contributed by atoms with van der Waals surface area (Å²) in [7, 11) is 0. The Labute approximate surface area is 158 Å². The third kappa shape index (κ3) is 3.79. The van der Waals surface area contributed by atoms with Crippen LogP contribution < -0.4 is 10.6 Å². The molecule has 1 amide bonds. The number of aryl methyl sites for hydroxylation is 1. The van der Waals surface area contributed by atoms with Crippen molar-refractivity contribution < 1.29 is 4.79 Å². The molecular formula is C19H25N5OS. The zero-order valence-corrected chi connectivity index (χ0v) is 15.8. The average Bonchev–Trinajstić information content (AvgIpc) is 3.38. The third-order valence-corrected chi connectivity index (χ3v) is 6.46. The molecule has 0 spiro atoms. The van der Waals surface area contributed by atoms with Gasteiger partial charge in [0.25, 0.3) is 5.91 Å². The van der Waals surface area contributed by atoms with Crippen molar-refractivity contribution in [2.45, 2.75) is 37.7 Å². The van der Waals surface area contributed by atoms with E-state index in [1.54, 1.807) is 6.20 Å². The zero-order chi connectivity index (χ0) is 17.9. The summed E-state index contributed by atoms with van der Waals surface area (Å²) in [4.78, 5) is 14.9. The number of hydrogen-bond acceptors (Lipinski definition) is 5. The first-order valence-corrected chi connectivity index (χ1v) is 10.2. The van der Waals surface area contributed by atoms with E-state index in [0.717, 1.165) is 25.2 Å². The van der Waals surface area contributed by atoms with Gasteiger partial charge in [0.15, 0.2) is 0 Å². The van der Waals surface area contributed by atoms with E-state index in [-0.39, 0.29) is 5.91 Å². The fraction of sp³-hybridized carbons (Fsp3) is 0.474. The SMILES string of the molecule is Cc1cn[nH]c1NC(=O)c1ccc(CN2CCCC2C2NCCS2)cc1. The van der Waals surface area contributed by atoms with Crippen LogP contribution in [0.4, 0.5) is 5.82 Å². The molecule has 0 radical (unpaired) electrons. The summed E-state index contributed by atoms with van der Waals surface area (Å²) in [5.41, 5.74) is 2.84. The number of amides is 1. The van der Waals surface area contributed by atoms with Gasteiger partial charge in [0, 0.05) is 36.0 Å². The van der Waals surface area contributed by atoms with E-state index in [2.05, 4.69) is 37.9 Å². The Kier molecular flexibility index (Phi) is 5.28. The maximum atomic E-state index is 12.4. The van der Waals surface area contributed by atoms with Crippen molar-refractivity contribution in [3.05, 3.63) is 47.2 Å². The number of aromatic nitrogens is 2. The summed E-state index contributed by atoms with van der Waals surface area (Å²) < 4.78 is 0. The third-order valence-electron chi connectivity index (χ3n) is 5.18. The number of rotatable bonds is 5. The molecule has 2 atom stereocenters. The molecule has 4 rings (SSSR count). The van der Waals surface area contributed by atoms with Gasteiger partial charge in [0.1, 0.15) is 5.82 Å². The van der Waals surface area contributed by atoms with Gasteiger partial charge in [-0.3, -0.25) is 14.8 Å². The summed E-state index contributed by atoms with van der Waals surface area (Å²) in [5.74, 6) is 1.75. The Morgan fingerprint density at radius 3 is 2.92 bits per heavy atom. The number of carbonyl (C=O) groups excluding carboxylic acids is 1. The van der Waals surface area contributed by atoms with E-state index >= 15 is 0 Å². The van der Waals surface area contributed by atoms with E-state index in [1.807, 2.05) is 30.8 Å². The lowest BCUT2D eigenvalue weighted by Crippen LogP contribution is -2.42. The number of H-pyrrole nitrogens is 1. The highest BCUT2D eigenvalue weighted by atomic mass is 32.2. The minimum atomic E-state index is -0.116. The van der Waals surface area contributed by atoms with E-state index < -0.39 is 0 Å². The van der Waals surface area contributed by atoms with Crippen LogP contribution in [-0.2, 0) is 6.54 Å². The van der Waals surface area contributed by atoms with Crippen LogP contribution in [0.25, 0.3) is 0 Å². The van der Waals surface area contributed by atoms with Gasteiger partial charge in [-0.2, -0.15) is 5.10 Å². The number of hydrogen-bond donors (Lipinski definition) is 3. The Bertz CT molecular complexity index is 754. The molecule has 2 fully saturated rings. The van der Waals surface area contributed by atoms with Crippen molar-refractivity contribution in [3.8, 4) is 0 Å². The first-order valence-electron chi connectivity index (χ1n) is 9.20. The Morgan fingerprint density at radius 1 is 1.38 bits per heavy atom. The highest BCUT2D eigenvalue weighted by Gasteiger charge is 2.33. The molecule has 3 N–H and O–H groups in total. The maximum absolute atomic E-state index is 12.4. The monoisotopic (exact) mass is 371 g/mol. The molecule has 6 nitrogen and oxygen atoms in total. The van der Waals surface area contributed by atoms with Gasteiger partial charge >= 0.3 is 0 Å². The number of anilines is 1. The van der Waals surface area contributed by atoms with Gasteiger partial charge in [0.05, 0.1) is 11.6 Å². The van der Waals surface area contributed by atoms with Gasteiger partial charge in [0.2, 0.25) is 0 Å². The Morgan fingerprint density at radius 2 is 2.23 bits per heavy atom. The first kappa shape index (κ1) is 17.6. The molecule has 1 aromatic carbocycles. The minimum absolute atomic E-state index is 0.116. The fourth-order valence-electron chi connectivity index (χ4n) is 3.74. The van der Waals surface area contributed by atoms with Crippen molar-refractivity contribution in [2.24, 2.45) is 0 Å². The summed E-state index contributed by atoms with van der Waals surface area (Å²) in [6, 6.07) is 8.57. The summed E-state index contributed by atoms with van der Waals surface area (Å²) in [6.45, 7) is 5.14. The second-order valence-electron chi connectivity index (χ2n) is 7.00. The van der Waals surface area contributed by atoms with Crippen molar-refractivity contribution >= 4 is 23.5 Å². The predicted molar refractivity (Wildman–Crippen MR) is 105 cm³/mol. The molecule has 1 aromatic heterocycles. The van der Waals surface area contributed by atoms with Crippen molar-refractivity contribution in [1.82, 2.24) is 20.4 Å². The highest BCUT2D eigenvalue weighted by Crippen LogP contribution is 2.29. The molecule has 0 aliphatic carbocycles. The largest absolute Gasteiger partial charge is 0.307 e. The molecule has 7 heteroatoms. The topological polar surface area (TPSA) is 73.0 Å². The van der Waals surface area contributed by atoms with Gasteiger partial charge in [-0.25, -0.2) is 0 Å². The number of carbonyl (C=O) groups is 1. The van der Waals surface area contributed by atoms with Gasteiger partial charge in [-0.1, -0.05) is 12.1 Å². The molecule has 2 aliphatic rings. The Balaban J connectivity index is 1.38. The maximum Gasteiger partial charge on any atom is 0.256 e. The van der Waals surface area contributed by atoms with Crippen LogP contribution in [0, 0.1) is 6.92 Å². The van der Waals surface area contributed by atoms with Crippen LogP contribution in [0.3, 0.4) is 0 Å². The van der Waals surface area contributed by atoms with E-state index in [1.165, 1.54) is 24.2 Å². The van der Waals surface area contributed by atoms with E-state index in [4.69, 9.17) is 0 Å². The molecule has 2 aliphatic heterocycles. The van der Waals surface area contributed by atoms with Gasteiger partial charge in [-0.05, 0) is 44.0 Å². The Hall–Kier alpha value is -1.83. The molecule has 26 heavy (non-hydrogen) atoms. The lowest BCUT2D eigenvalue weighted by atomic mass is 10.1. The molecule has 2 unspecified atom stereocenters. The van der Waals surface area contributed by atoms with Crippen molar-refractivity contribution in [3.63, 3.8) is 0 Å². The van der Waals surface area contributed by atoms with Crippen molar-refractivity contribution in [2.75, 3.05) is 24.2 Å². The number of nitrogens with one attached hydrogen (secondary N) is 3. The lowest BCUT2D eigenvalue weighted by Gasteiger charge is -2.29. The second kappa shape index (κ2) is 7.82. The van der Waals surface area contributed by atoms with E-state index in [9.17, 15) is 4.79 Å². The second-order valence-corrected chi connectivity index (χ2v) is 8.25. The number of aromatic amines is 1. The fourth-order valence-corrected chi connectivity index (χ4v) is 4.99. The van der Waals surface area contributed by atoms with Crippen LogP contribution in [0.5, 0.6) is 0 Å². The summed E-state index contributed by atoms with van der Waals surface area (Å²) >= 11 is 2.05. The smallest absolute Gasteiger partial charge is 0.256 e. The predicted octanol–water partition coefficient (Wildman–Crippen LogP) is 2.60. The minimum Gasteiger partial charge on any atom is -0.307 e. The normalized spacial score (nSPS) is 23.4. The van der Waals surface area contributed by atoms with Gasteiger partial charge in [-0.15, -0.1) is 11.8 Å². The lowest BCUT2D eigenvalue weighted by molar-refractivity contribution is 0.102. The standard InChI is InChI=1S/C19H25N5OS/c1-13-11-21-23-17(13)22-18(25)15-6-4-14(5-7-15)12-24-9-2-3-16(24)19-20-8-10-26-19/h4-7,11,16,19-20H,2-3,8-10,12H2,1H3,(H2,21,22,23,25). The summed E-state index contributed by atoms with van der Waals surface area (Å²) in [5, 5.41) is 13.8. The molecule has 0 bridgehead atoms. The van der Waals surface area contributed by atoms with E-state index in [0.29, 0.717) is 22.8 Å². The molecule has 2 aromatic rings. The number of likely N-dealkylation sites (tertiary alicyclic amines) is 1. The molecule has 2 saturated heterocycles. The average molecular weight is 372 g/mol.